The van der Waals surface area contributed by atoms with Crippen LogP contribution in [-0.4, -0.2) is 72.7 Å². The maximum absolute atomic E-state index is 13.6. The van der Waals surface area contributed by atoms with Crippen LogP contribution in [0, 0.1) is 5.92 Å². The SMILES string of the molecule is COc1ccc2c3c1O[C@H]1[C@@H](N(C)C(=O)C=Cc4cccc(C(F)(F)F)c4)CC[C@@]4(OC(C)=O)[C@@H](C2)N(CC2CC2)CC[C@]314. The predicted octanol–water partition coefficient (Wildman–Crippen LogP) is 5.39. The van der Waals surface area contributed by atoms with Crippen LogP contribution in [0.2, 0.25) is 0 Å². The Kier molecular flexibility index (Phi) is 6.81. The number of hydrogen-bond acceptors (Lipinski definition) is 6. The van der Waals surface area contributed by atoms with Gasteiger partial charge in [-0.3, -0.25) is 14.5 Å². The van der Waals surface area contributed by atoms with Crippen LogP contribution in [-0.2, 0) is 32.3 Å². The summed E-state index contributed by atoms with van der Waals surface area (Å²) in [5.74, 6) is 1.28. The molecule has 3 aliphatic carbocycles. The fourth-order valence-corrected chi connectivity index (χ4v) is 8.70. The molecule has 1 saturated heterocycles. The van der Waals surface area contributed by atoms with E-state index in [9.17, 15) is 22.8 Å². The maximum Gasteiger partial charge on any atom is 0.416 e. The molecule has 44 heavy (non-hydrogen) atoms. The van der Waals surface area contributed by atoms with E-state index in [-0.39, 0.29) is 29.5 Å². The Morgan fingerprint density at radius 2 is 1.95 bits per heavy atom. The number of alkyl halides is 3. The van der Waals surface area contributed by atoms with Crippen molar-refractivity contribution in [3.8, 4) is 11.5 Å². The van der Waals surface area contributed by atoms with Crippen LogP contribution in [0.3, 0.4) is 0 Å². The van der Waals surface area contributed by atoms with Gasteiger partial charge >= 0.3 is 12.1 Å². The quantitative estimate of drug-likeness (QED) is 0.310. The first-order valence-corrected chi connectivity index (χ1v) is 15.4. The van der Waals surface area contributed by atoms with E-state index in [4.69, 9.17) is 14.2 Å². The fourth-order valence-electron chi connectivity index (χ4n) is 8.70. The predicted molar refractivity (Wildman–Crippen MR) is 156 cm³/mol. The molecule has 2 aliphatic heterocycles. The molecule has 0 radical (unpaired) electrons. The smallest absolute Gasteiger partial charge is 0.416 e. The topological polar surface area (TPSA) is 68.3 Å². The van der Waals surface area contributed by atoms with E-state index in [0.29, 0.717) is 36.7 Å². The number of benzene rings is 2. The molecule has 7 nitrogen and oxygen atoms in total. The average molecular weight is 611 g/mol. The molecule has 0 N–H and O–H groups in total. The van der Waals surface area contributed by atoms with Gasteiger partial charge in [-0.1, -0.05) is 18.2 Å². The molecule has 2 aromatic rings. The van der Waals surface area contributed by atoms with Crippen LogP contribution in [0.1, 0.15) is 61.3 Å². The third-order valence-electron chi connectivity index (χ3n) is 10.7. The number of amides is 1. The van der Waals surface area contributed by atoms with Crippen molar-refractivity contribution < 1.29 is 37.0 Å². The molecule has 2 saturated carbocycles. The van der Waals surface area contributed by atoms with Gasteiger partial charge in [-0.2, -0.15) is 13.2 Å². The van der Waals surface area contributed by atoms with Crippen molar-refractivity contribution in [1.29, 1.82) is 0 Å². The minimum absolute atomic E-state index is 0.0125. The monoisotopic (exact) mass is 610 g/mol. The zero-order valence-electron chi connectivity index (χ0n) is 25.2. The Morgan fingerprint density at radius 3 is 2.66 bits per heavy atom. The number of hydrogen-bond donors (Lipinski definition) is 0. The summed E-state index contributed by atoms with van der Waals surface area (Å²) in [4.78, 5) is 30.6. The first-order valence-electron chi connectivity index (χ1n) is 15.4. The van der Waals surface area contributed by atoms with Gasteiger partial charge in [0.2, 0.25) is 5.91 Å². The van der Waals surface area contributed by atoms with Crippen LogP contribution < -0.4 is 9.47 Å². The molecule has 0 aromatic heterocycles. The third-order valence-corrected chi connectivity index (χ3v) is 10.7. The van der Waals surface area contributed by atoms with Gasteiger partial charge in [0.15, 0.2) is 11.5 Å². The van der Waals surface area contributed by atoms with Crippen molar-refractivity contribution in [2.45, 2.75) is 80.8 Å². The van der Waals surface area contributed by atoms with Crippen molar-refractivity contribution >= 4 is 18.0 Å². The highest BCUT2D eigenvalue weighted by molar-refractivity contribution is 5.92. The first-order chi connectivity index (χ1) is 21.0. The average Bonchev–Trinajstić information content (AvgIpc) is 3.73. The standard InChI is InChI=1S/C34H37F3N2O5/c1-20(40)44-33-14-13-25(38(2)28(41)12-9-21-5-4-6-24(17-21)34(35,36)37)31-32(33)15-16-39(19-22-7-8-22)27(33)18-23-10-11-26(42-3)30(43-31)29(23)32/h4-6,9-12,17,22,25,27,31H,7-8,13-16,18-19H2,1-3H3/t25-,27+,31-,32-,33+/m0/s1. The Labute approximate surface area is 254 Å². The molecule has 7 rings (SSSR count). The summed E-state index contributed by atoms with van der Waals surface area (Å²) in [6.07, 6.45) is 2.76. The lowest BCUT2D eigenvalue weighted by molar-refractivity contribution is -0.223. The van der Waals surface area contributed by atoms with Crippen LogP contribution >= 0.6 is 0 Å². The number of nitrogens with zero attached hydrogens (tertiary/aromatic N) is 2. The number of ether oxygens (including phenoxy) is 3. The molecule has 234 valence electrons. The first kappa shape index (κ1) is 29.2. The second-order valence-electron chi connectivity index (χ2n) is 13.0. The van der Waals surface area contributed by atoms with Gasteiger partial charge < -0.3 is 19.1 Å². The minimum atomic E-state index is -4.47. The minimum Gasteiger partial charge on any atom is -0.493 e. The lowest BCUT2D eigenvalue weighted by Gasteiger charge is -2.65. The number of esters is 1. The summed E-state index contributed by atoms with van der Waals surface area (Å²) in [7, 11) is 3.32. The van der Waals surface area contributed by atoms with Crippen LogP contribution in [0.5, 0.6) is 11.5 Å². The molecule has 3 fully saturated rings. The molecule has 5 aliphatic rings. The largest absolute Gasteiger partial charge is 0.493 e. The van der Waals surface area contributed by atoms with Crippen molar-refractivity contribution in [1.82, 2.24) is 9.80 Å². The van der Waals surface area contributed by atoms with Crippen molar-refractivity contribution in [3.05, 3.63) is 64.7 Å². The molecular formula is C34H37F3N2O5. The number of piperidine rings is 1. The van der Waals surface area contributed by atoms with E-state index >= 15 is 0 Å². The molecular weight excluding hydrogens is 573 g/mol. The third kappa shape index (κ3) is 4.35. The van der Waals surface area contributed by atoms with E-state index in [1.165, 1.54) is 44.1 Å². The Bertz CT molecular complexity index is 1540. The molecule has 2 aromatic carbocycles. The zero-order valence-corrected chi connectivity index (χ0v) is 25.2. The highest BCUT2D eigenvalue weighted by Crippen LogP contribution is 2.67. The molecule has 5 atom stereocenters. The summed E-state index contributed by atoms with van der Waals surface area (Å²) >= 11 is 0. The molecule has 2 bridgehead atoms. The van der Waals surface area contributed by atoms with Gasteiger partial charge in [-0.25, -0.2) is 0 Å². The van der Waals surface area contributed by atoms with E-state index in [2.05, 4.69) is 11.0 Å². The van der Waals surface area contributed by atoms with Gasteiger partial charge in [-0.15, -0.1) is 0 Å². The summed E-state index contributed by atoms with van der Waals surface area (Å²) < 4.78 is 58.9. The number of carbonyl (C=O) groups is 2. The number of methoxy groups -OCH3 is 1. The Morgan fingerprint density at radius 1 is 1.16 bits per heavy atom. The highest BCUT2D eigenvalue weighted by atomic mass is 19.4. The van der Waals surface area contributed by atoms with Gasteiger partial charge in [0.1, 0.15) is 11.7 Å². The molecule has 10 heteroatoms. The fraction of sp³-hybridized carbons (Fsp3) is 0.529. The second-order valence-corrected chi connectivity index (χ2v) is 13.0. The zero-order chi connectivity index (χ0) is 31.0. The van der Waals surface area contributed by atoms with E-state index in [0.717, 1.165) is 42.8 Å². The highest BCUT2D eigenvalue weighted by Gasteiger charge is 2.75. The maximum atomic E-state index is 13.6. The Balaban J connectivity index is 1.27. The molecule has 2 heterocycles. The van der Waals surface area contributed by atoms with Gasteiger partial charge in [0, 0.05) is 32.2 Å². The van der Waals surface area contributed by atoms with Crippen LogP contribution in [0.25, 0.3) is 6.08 Å². The van der Waals surface area contributed by atoms with E-state index in [1.54, 1.807) is 19.1 Å². The summed E-state index contributed by atoms with van der Waals surface area (Å²) in [5.41, 5.74) is 0.217. The van der Waals surface area contributed by atoms with Gasteiger partial charge in [0.05, 0.1) is 30.2 Å². The molecule has 0 unspecified atom stereocenters. The second kappa shape index (κ2) is 10.3. The number of likely N-dealkylation sites (N-methyl/N-ethyl adjacent to an activating group) is 1. The Hall–Kier alpha value is -3.53. The normalized spacial score (nSPS) is 30.5. The molecule has 1 amide bonds. The van der Waals surface area contributed by atoms with Gasteiger partial charge in [-0.05, 0) is 86.4 Å². The number of halogens is 3. The number of carbonyl (C=O) groups excluding carboxylic acids is 2. The summed E-state index contributed by atoms with van der Waals surface area (Å²) in [6, 6.07) is 8.56. The molecule has 1 spiro atoms. The van der Waals surface area contributed by atoms with Crippen LogP contribution in [0.4, 0.5) is 13.2 Å². The van der Waals surface area contributed by atoms with Crippen molar-refractivity contribution in [3.63, 3.8) is 0 Å². The summed E-state index contributed by atoms with van der Waals surface area (Å²) in [5, 5.41) is 0. The van der Waals surface area contributed by atoms with Crippen LogP contribution in [0.15, 0.2) is 42.5 Å². The van der Waals surface area contributed by atoms with E-state index in [1.807, 2.05) is 6.07 Å². The van der Waals surface area contributed by atoms with Crippen molar-refractivity contribution in [2.24, 2.45) is 5.92 Å². The van der Waals surface area contributed by atoms with Gasteiger partial charge in [0.25, 0.3) is 0 Å². The van der Waals surface area contributed by atoms with Crippen molar-refractivity contribution in [2.75, 3.05) is 27.2 Å². The lowest BCUT2D eigenvalue weighted by atomic mass is 9.48. The summed E-state index contributed by atoms with van der Waals surface area (Å²) in [6.45, 7) is 3.29. The van der Waals surface area contributed by atoms with E-state index < -0.39 is 28.9 Å². The number of likely N-dealkylation sites (tertiary alicyclic amines) is 1. The lowest BCUT2D eigenvalue weighted by Crippen LogP contribution is -2.79. The number of rotatable bonds is 7.